The van der Waals surface area contributed by atoms with Crippen molar-refractivity contribution >= 4 is 28.6 Å². The number of aryl methyl sites for hydroxylation is 1. The second-order valence-electron chi connectivity index (χ2n) is 2.73. The van der Waals surface area contributed by atoms with Crippen LogP contribution in [0.1, 0.15) is 17.3 Å². The van der Waals surface area contributed by atoms with Crippen molar-refractivity contribution in [2.75, 3.05) is 6.61 Å². The Labute approximate surface area is 95.0 Å². The van der Waals surface area contributed by atoms with Gasteiger partial charge >= 0.3 is 5.97 Å². The van der Waals surface area contributed by atoms with Gasteiger partial charge in [0.25, 0.3) is 0 Å². The van der Waals surface area contributed by atoms with E-state index in [4.69, 9.17) is 4.74 Å². The van der Waals surface area contributed by atoms with Crippen molar-refractivity contribution in [1.29, 1.82) is 0 Å². The number of hydrogen-bond acceptors (Lipinski definition) is 3. The van der Waals surface area contributed by atoms with Gasteiger partial charge in [-0.25, -0.2) is 4.79 Å². The van der Waals surface area contributed by atoms with E-state index in [0.717, 1.165) is 0 Å². The summed E-state index contributed by atoms with van der Waals surface area (Å²) in [6, 6.07) is 0. The van der Waals surface area contributed by atoms with Crippen molar-refractivity contribution in [2.45, 2.75) is 6.92 Å². The molecule has 1 aromatic heterocycles. The molecule has 0 atom stereocenters. The molecule has 0 aliphatic carbocycles. The first-order valence-electron chi connectivity index (χ1n) is 4.09. The molecule has 0 aromatic carbocycles. The summed E-state index contributed by atoms with van der Waals surface area (Å²) in [6.07, 6.45) is 3.13. The lowest BCUT2D eigenvalue weighted by Crippen LogP contribution is -2.21. The minimum Gasteiger partial charge on any atom is -0.462 e. The average molecular weight is 307 g/mol. The first kappa shape index (κ1) is 11.2. The molecule has 14 heavy (non-hydrogen) atoms. The lowest BCUT2D eigenvalue weighted by molar-refractivity contribution is 0.0523. The summed E-state index contributed by atoms with van der Waals surface area (Å²) in [7, 11) is 1.75. The van der Waals surface area contributed by atoms with Crippen LogP contribution in [0.3, 0.4) is 0 Å². The van der Waals surface area contributed by atoms with Gasteiger partial charge in [-0.05, 0) is 29.5 Å². The van der Waals surface area contributed by atoms with Gasteiger partial charge < -0.3 is 9.30 Å². The minimum absolute atomic E-state index is 0.0845. The fraction of sp³-hybridized carbons (Fsp3) is 0.333. The molecule has 0 spiro atoms. The van der Waals surface area contributed by atoms with Gasteiger partial charge in [0, 0.05) is 19.4 Å². The van der Waals surface area contributed by atoms with E-state index >= 15 is 0 Å². The van der Waals surface area contributed by atoms with Gasteiger partial charge in [0.15, 0.2) is 0 Å². The highest BCUT2D eigenvalue weighted by molar-refractivity contribution is 14.1. The summed E-state index contributed by atoms with van der Waals surface area (Å²) in [5.74, 6) is -0.563. The van der Waals surface area contributed by atoms with Crippen LogP contribution in [-0.2, 0) is 11.8 Å². The number of ether oxygens (including phenoxy) is 1. The molecule has 0 bridgehead atoms. The molecule has 0 radical (unpaired) electrons. The quantitative estimate of drug-likeness (QED) is 0.609. The van der Waals surface area contributed by atoms with Crippen LogP contribution in [0.4, 0.5) is 0 Å². The van der Waals surface area contributed by atoms with E-state index in [-0.39, 0.29) is 17.6 Å². The number of carbonyl (C=O) groups is 1. The first-order valence-corrected chi connectivity index (χ1v) is 5.17. The predicted molar refractivity (Wildman–Crippen MR) is 60.4 cm³/mol. The van der Waals surface area contributed by atoms with E-state index in [2.05, 4.69) is 0 Å². The Balaban J connectivity index is 3.21. The van der Waals surface area contributed by atoms with Gasteiger partial charge in [-0.15, -0.1) is 0 Å². The molecule has 0 aliphatic heterocycles. The summed E-state index contributed by atoms with van der Waals surface area (Å²) >= 11 is 1.90. The Hall–Kier alpha value is -0.850. The monoisotopic (exact) mass is 307 g/mol. The van der Waals surface area contributed by atoms with Crippen molar-refractivity contribution in [1.82, 2.24) is 4.57 Å². The maximum absolute atomic E-state index is 11.5. The van der Waals surface area contributed by atoms with Gasteiger partial charge in [0.05, 0.1) is 10.2 Å². The van der Waals surface area contributed by atoms with Crippen LogP contribution in [0.2, 0.25) is 0 Å². The number of hydrogen-bond donors (Lipinski definition) is 0. The van der Waals surface area contributed by atoms with Crippen LogP contribution in [0.15, 0.2) is 17.2 Å². The predicted octanol–water partition coefficient (Wildman–Crippen LogP) is 1.17. The van der Waals surface area contributed by atoms with E-state index in [1.165, 1.54) is 6.20 Å². The zero-order valence-electron chi connectivity index (χ0n) is 7.91. The lowest BCUT2D eigenvalue weighted by atomic mass is 10.3. The largest absolute Gasteiger partial charge is 0.462 e. The number of halogens is 1. The van der Waals surface area contributed by atoms with Gasteiger partial charge in [-0.1, -0.05) is 0 Å². The van der Waals surface area contributed by atoms with Crippen LogP contribution < -0.4 is 5.43 Å². The molecule has 4 nitrogen and oxygen atoms in total. The molecule has 0 amide bonds. The maximum Gasteiger partial charge on any atom is 0.343 e. The zero-order valence-corrected chi connectivity index (χ0v) is 10.1. The van der Waals surface area contributed by atoms with Crippen molar-refractivity contribution in [3.05, 3.63) is 31.8 Å². The molecule has 0 saturated heterocycles. The Bertz CT molecular complexity index is 411. The summed E-state index contributed by atoms with van der Waals surface area (Å²) in [6.45, 7) is 1.98. The van der Waals surface area contributed by atoms with Gasteiger partial charge in [0.1, 0.15) is 5.56 Å². The Morgan fingerprint density at radius 2 is 2.21 bits per heavy atom. The number of rotatable bonds is 2. The van der Waals surface area contributed by atoms with E-state index in [1.807, 2.05) is 22.6 Å². The summed E-state index contributed by atoms with van der Waals surface area (Å²) in [5, 5.41) is 0. The maximum atomic E-state index is 11.5. The Morgan fingerprint density at radius 3 is 2.79 bits per heavy atom. The number of pyridine rings is 1. The number of esters is 1. The average Bonchev–Trinajstić information content (AvgIpc) is 2.11. The highest BCUT2D eigenvalue weighted by Gasteiger charge is 2.13. The number of aromatic nitrogens is 1. The van der Waals surface area contributed by atoms with Crippen LogP contribution in [0, 0.1) is 3.57 Å². The smallest absolute Gasteiger partial charge is 0.343 e. The molecule has 0 saturated carbocycles. The Kier molecular flexibility index (Phi) is 3.68. The molecule has 1 aromatic rings. The van der Waals surface area contributed by atoms with Crippen LogP contribution in [0.25, 0.3) is 0 Å². The molecule has 76 valence electrons. The lowest BCUT2D eigenvalue weighted by Gasteiger charge is -2.04. The van der Waals surface area contributed by atoms with Crippen molar-refractivity contribution in [3.63, 3.8) is 0 Å². The molecule has 1 rings (SSSR count). The molecule has 0 unspecified atom stereocenters. The molecular formula is C9H10INO3. The van der Waals surface area contributed by atoms with Crippen LogP contribution in [-0.4, -0.2) is 17.1 Å². The third kappa shape index (κ3) is 2.34. The molecular weight excluding hydrogens is 297 g/mol. The highest BCUT2D eigenvalue weighted by atomic mass is 127. The SMILES string of the molecule is CCOC(=O)c1cn(C)cc(I)c1=O. The third-order valence-corrected chi connectivity index (χ3v) is 2.38. The van der Waals surface area contributed by atoms with Crippen molar-refractivity contribution in [3.8, 4) is 0 Å². The summed E-state index contributed by atoms with van der Waals surface area (Å²) in [5.41, 5.74) is -0.191. The normalized spacial score (nSPS) is 9.93. The van der Waals surface area contributed by atoms with Gasteiger partial charge in [-0.2, -0.15) is 0 Å². The van der Waals surface area contributed by atoms with E-state index in [1.54, 1.807) is 24.7 Å². The van der Waals surface area contributed by atoms with Crippen molar-refractivity contribution < 1.29 is 9.53 Å². The fourth-order valence-electron chi connectivity index (χ4n) is 1.02. The molecule has 0 fully saturated rings. The molecule has 0 aliphatic rings. The summed E-state index contributed by atoms with van der Waals surface area (Å²) in [4.78, 5) is 22.8. The molecule has 0 N–H and O–H groups in total. The first-order chi connectivity index (χ1) is 6.56. The van der Waals surface area contributed by atoms with Crippen LogP contribution >= 0.6 is 22.6 Å². The second-order valence-corrected chi connectivity index (χ2v) is 3.90. The van der Waals surface area contributed by atoms with E-state index in [9.17, 15) is 9.59 Å². The van der Waals surface area contributed by atoms with Crippen molar-refractivity contribution in [2.24, 2.45) is 7.05 Å². The summed E-state index contributed by atoms with van der Waals surface area (Å²) < 4.78 is 6.94. The topological polar surface area (TPSA) is 48.3 Å². The Morgan fingerprint density at radius 1 is 1.57 bits per heavy atom. The number of carbonyl (C=O) groups excluding carboxylic acids is 1. The van der Waals surface area contributed by atoms with Crippen LogP contribution in [0.5, 0.6) is 0 Å². The molecule has 5 heteroatoms. The van der Waals surface area contributed by atoms with E-state index in [0.29, 0.717) is 3.57 Å². The molecule has 1 heterocycles. The third-order valence-electron chi connectivity index (χ3n) is 1.61. The van der Waals surface area contributed by atoms with Gasteiger partial charge in [0.2, 0.25) is 5.43 Å². The zero-order chi connectivity index (χ0) is 10.7. The minimum atomic E-state index is -0.563. The number of nitrogens with zero attached hydrogens (tertiary/aromatic N) is 1. The van der Waals surface area contributed by atoms with Gasteiger partial charge in [-0.3, -0.25) is 4.79 Å². The second kappa shape index (κ2) is 4.59. The fourth-order valence-corrected chi connectivity index (χ4v) is 1.75. The standard InChI is InChI=1S/C9H10INO3/c1-3-14-9(13)6-4-11(2)5-7(10)8(6)12/h4-5H,3H2,1-2H3. The van der Waals surface area contributed by atoms with E-state index < -0.39 is 5.97 Å². The highest BCUT2D eigenvalue weighted by Crippen LogP contribution is 2.01.